The summed E-state index contributed by atoms with van der Waals surface area (Å²) in [4.78, 5) is 17.7. The zero-order valence-corrected chi connectivity index (χ0v) is 21.3. The van der Waals surface area contributed by atoms with Gasteiger partial charge in [0.2, 0.25) is 0 Å². The smallest absolute Gasteiger partial charge is 0.162 e. The lowest BCUT2D eigenvalue weighted by Gasteiger charge is -2.14. The summed E-state index contributed by atoms with van der Waals surface area (Å²) in [6.45, 7) is 0.356. The summed E-state index contributed by atoms with van der Waals surface area (Å²) in [6.07, 6.45) is 6.89. The second-order valence-corrected chi connectivity index (χ2v) is 10.1. The van der Waals surface area contributed by atoms with Gasteiger partial charge in [-0.3, -0.25) is 9.97 Å². The second-order valence-electron chi connectivity index (χ2n) is 7.93. The molecule has 0 bridgehead atoms. The van der Waals surface area contributed by atoms with Gasteiger partial charge in [0, 0.05) is 58.2 Å². The minimum Gasteiger partial charge on any atom is -0.493 e. The van der Waals surface area contributed by atoms with Crippen LogP contribution in [0, 0.1) is 0 Å². The molecule has 0 saturated heterocycles. The fraction of sp³-hybridized carbons (Fsp3) is 0.200. The number of thioether (sulfide) groups is 1. The third kappa shape index (κ3) is 4.99. The highest BCUT2D eigenvalue weighted by atomic mass is 32.2. The highest BCUT2D eigenvalue weighted by molar-refractivity contribution is 8.01. The van der Waals surface area contributed by atoms with Gasteiger partial charge in [0.05, 0.1) is 31.6 Å². The van der Waals surface area contributed by atoms with Crippen molar-refractivity contribution in [3.8, 4) is 28.5 Å². The van der Waals surface area contributed by atoms with Crippen LogP contribution in [0.5, 0.6) is 17.2 Å². The first kappa shape index (κ1) is 24.0. The van der Waals surface area contributed by atoms with Crippen LogP contribution in [-0.2, 0) is 0 Å². The molecule has 5 rings (SSSR count). The monoisotopic (exact) mass is 520 g/mol. The van der Waals surface area contributed by atoms with Crippen molar-refractivity contribution in [3.63, 3.8) is 0 Å². The lowest BCUT2D eigenvalue weighted by Crippen LogP contribution is -2.30. The molecule has 4 N–H and O–H groups in total. The molecule has 0 aliphatic heterocycles. The Bertz CT molecular complexity index is 1510. The molecule has 11 heteroatoms. The molecule has 4 aromatic heterocycles. The highest BCUT2D eigenvalue weighted by Crippen LogP contribution is 2.37. The minimum atomic E-state index is -0.150. The van der Waals surface area contributed by atoms with Crippen LogP contribution in [0.25, 0.3) is 32.9 Å². The van der Waals surface area contributed by atoms with E-state index in [2.05, 4.69) is 19.9 Å². The van der Waals surface area contributed by atoms with Crippen molar-refractivity contribution < 1.29 is 14.2 Å². The molecule has 0 saturated carbocycles. The second kappa shape index (κ2) is 10.5. The van der Waals surface area contributed by atoms with Gasteiger partial charge in [0.15, 0.2) is 11.5 Å². The number of benzene rings is 1. The number of nitrogens with zero attached hydrogens (tertiary/aromatic N) is 4. The van der Waals surface area contributed by atoms with Crippen LogP contribution in [-0.4, -0.2) is 52.6 Å². The summed E-state index contributed by atoms with van der Waals surface area (Å²) in [5.41, 5.74) is 14.8. The zero-order valence-electron chi connectivity index (χ0n) is 19.7. The van der Waals surface area contributed by atoms with Gasteiger partial charge in [-0.1, -0.05) is 11.8 Å². The van der Waals surface area contributed by atoms with Crippen LogP contribution in [0.2, 0.25) is 0 Å². The van der Waals surface area contributed by atoms with Crippen molar-refractivity contribution in [1.82, 2.24) is 19.9 Å². The largest absolute Gasteiger partial charge is 0.493 e. The van der Waals surface area contributed by atoms with E-state index in [1.165, 1.54) is 0 Å². The number of aromatic nitrogens is 4. The number of thiazole rings is 1. The van der Waals surface area contributed by atoms with Crippen LogP contribution in [0.15, 0.2) is 58.8 Å². The number of fused-ring (bicyclic) bond motifs is 3. The molecule has 1 atom stereocenters. The van der Waals surface area contributed by atoms with Crippen LogP contribution >= 0.6 is 23.1 Å². The number of rotatable bonds is 9. The van der Waals surface area contributed by atoms with Gasteiger partial charge in [-0.25, -0.2) is 9.97 Å². The van der Waals surface area contributed by atoms with Crippen molar-refractivity contribution in [2.45, 2.75) is 10.4 Å². The summed E-state index contributed by atoms with van der Waals surface area (Å²) >= 11 is 3.22. The van der Waals surface area contributed by atoms with E-state index >= 15 is 0 Å². The van der Waals surface area contributed by atoms with Crippen LogP contribution in [0.4, 0.5) is 5.82 Å². The first-order valence-electron chi connectivity index (χ1n) is 11.0. The number of hydrogen-bond donors (Lipinski definition) is 2. The number of nitrogen functional groups attached to an aromatic ring is 1. The summed E-state index contributed by atoms with van der Waals surface area (Å²) in [5, 5.41) is 4.48. The van der Waals surface area contributed by atoms with Crippen molar-refractivity contribution in [2.75, 3.05) is 32.3 Å². The van der Waals surface area contributed by atoms with Crippen LogP contribution < -0.4 is 25.7 Å². The average Bonchev–Trinajstić information content (AvgIpc) is 3.43. The predicted octanol–water partition coefficient (Wildman–Crippen LogP) is 4.40. The predicted molar refractivity (Wildman–Crippen MR) is 144 cm³/mol. The normalized spacial score (nSPS) is 12.1. The molecule has 1 aromatic carbocycles. The van der Waals surface area contributed by atoms with E-state index < -0.39 is 0 Å². The number of pyridine rings is 3. The molecule has 36 heavy (non-hydrogen) atoms. The van der Waals surface area contributed by atoms with E-state index in [1.54, 1.807) is 62.1 Å². The Morgan fingerprint density at radius 2 is 1.81 bits per heavy atom. The van der Waals surface area contributed by atoms with Gasteiger partial charge in [-0.15, -0.1) is 11.3 Å². The van der Waals surface area contributed by atoms with Gasteiger partial charge in [-0.05, 0) is 23.6 Å². The van der Waals surface area contributed by atoms with Crippen molar-refractivity contribution in [3.05, 3.63) is 54.4 Å². The Balaban J connectivity index is 1.42. The van der Waals surface area contributed by atoms with E-state index in [9.17, 15) is 0 Å². The Labute approximate surface area is 215 Å². The van der Waals surface area contributed by atoms with Crippen molar-refractivity contribution >= 4 is 50.6 Å². The summed E-state index contributed by atoms with van der Waals surface area (Å²) in [7, 11) is 3.20. The van der Waals surface area contributed by atoms with E-state index in [0.717, 1.165) is 31.6 Å². The molecular weight excluding hydrogens is 496 g/mol. The zero-order chi connectivity index (χ0) is 25.1. The maximum atomic E-state index is 6.34. The van der Waals surface area contributed by atoms with Gasteiger partial charge in [0.25, 0.3) is 0 Å². The average molecular weight is 521 g/mol. The maximum absolute atomic E-state index is 6.34. The molecular formula is C25H24N6O3S2. The number of hydrogen-bond acceptors (Lipinski definition) is 11. The van der Waals surface area contributed by atoms with E-state index in [1.807, 2.05) is 29.6 Å². The van der Waals surface area contributed by atoms with Crippen molar-refractivity contribution in [1.29, 1.82) is 0 Å². The van der Waals surface area contributed by atoms with Gasteiger partial charge < -0.3 is 25.7 Å². The quantitative estimate of drug-likeness (QED) is 0.213. The summed E-state index contributed by atoms with van der Waals surface area (Å²) in [5.74, 6) is 2.90. The first-order chi connectivity index (χ1) is 17.6. The molecule has 0 aliphatic rings. The standard InChI is InChI=1S/C25H24N6O3S2/c1-32-22-7-18-17-6-20(31-24(27)19(17)11-30-21(18)8-23(22)33-2)14-5-16(10-28-9-14)34-12-15(26)13-36-25-29-3-4-35-25/h3-11,15H,12-13,26H2,1-2H3,(H2,27,31)/t15-/m1/s1. The molecule has 9 nitrogen and oxygen atoms in total. The van der Waals surface area contributed by atoms with Gasteiger partial charge in [0.1, 0.15) is 22.5 Å². The van der Waals surface area contributed by atoms with Crippen LogP contribution in [0.1, 0.15) is 0 Å². The SMILES string of the molecule is COc1cc2ncc3c(N)nc(-c4cncc(OC[C@@H](N)CSc5nccs5)c4)cc3c2cc1OC. The van der Waals surface area contributed by atoms with Crippen LogP contribution in [0.3, 0.4) is 0 Å². The molecule has 0 radical (unpaired) electrons. The highest BCUT2D eigenvalue weighted by Gasteiger charge is 2.14. The summed E-state index contributed by atoms with van der Waals surface area (Å²) < 4.78 is 17.8. The minimum absolute atomic E-state index is 0.150. The number of ether oxygens (including phenoxy) is 3. The van der Waals surface area contributed by atoms with E-state index in [0.29, 0.717) is 41.1 Å². The third-order valence-corrected chi connectivity index (χ3v) is 7.67. The first-order valence-corrected chi connectivity index (χ1v) is 12.9. The lowest BCUT2D eigenvalue weighted by molar-refractivity contribution is 0.297. The topological polar surface area (TPSA) is 131 Å². The summed E-state index contributed by atoms with van der Waals surface area (Å²) in [6, 6.07) is 7.45. The van der Waals surface area contributed by atoms with Gasteiger partial charge >= 0.3 is 0 Å². The number of anilines is 1. The van der Waals surface area contributed by atoms with E-state index in [4.69, 9.17) is 25.7 Å². The molecule has 0 amide bonds. The van der Waals surface area contributed by atoms with Crippen molar-refractivity contribution in [2.24, 2.45) is 5.73 Å². The molecule has 0 spiro atoms. The molecule has 0 aliphatic carbocycles. The fourth-order valence-electron chi connectivity index (χ4n) is 3.76. The third-order valence-electron chi connectivity index (χ3n) is 5.52. The lowest BCUT2D eigenvalue weighted by atomic mass is 10.0. The molecule has 4 heterocycles. The van der Waals surface area contributed by atoms with Gasteiger partial charge in [-0.2, -0.15) is 0 Å². The number of methoxy groups -OCH3 is 2. The maximum Gasteiger partial charge on any atom is 0.162 e. The molecule has 0 fully saturated rings. The number of nitrogens with two attached hydrogens (primary N) is 2. The Morgan fingerprint density at radius 3 is 2.58 bits per heavy atom. The molecule has 0 unspecified atom stereocenters. The molecule has 5 aromatic rings. The Hall–Kier alpha value is -3.67. The Kier molecular flexibility index (Phi) is 7.03. The fourth-order valence-corrected chi connectivity index (χ4v) is 5.35. The van der Waals surface area contributed by atoms with E-state index in [-0.39, 0.29) is 6.04 Å². The molecule has 184 valence electrons. The Morgan fingerprint density at radius 1 is 0.972 bits per heavy atom.